The highest BCUT2D eigenvalue weighted by Gasteiger charge is 2.21. The molecule has 0 aliphatic carbocycles. The van der Waals surface area contributed by atoms with Gasteiger partial charge in [-0.1, -0.05) is 73.7 Å². The van der Waals surface area contributed by atoms with Crippen LogP contribution in [0.1, 0.15) is 24.2 Å². The van der Waals surface area contributed by atoms with E-state index in [1.807, 2.05) is 24.3 Å². The van der Waals surface area contributed by atoms with Crippen LogP contribution in [0.25, 0.3) is 44.4 Å². The molecule has 7 aromatic rings. The molecule has 174 valence electrons. The van der Waals surface area contributed by atoms with Crippen LogP contribution in [0.4, 0.5) is 0 Å². The first-order valence-corrected chi connectivity index (χ1v) is 12.0. The molecule has 0 saturated heterocycles. The van der Waals surface area contributed by atoms with E-state index >= 15 is 0 Å². The molecule has 6 heteroatoms. The van der Waals surface area contributed by atoms with Crippen LogP contribution in [0.15, 0.2) is 97.2 Å². The van der Waals surface area contributed by atoms with Crippen LogP contribution in [-0.2, 0) is 0 Å². The molecule has 0 radical (unpaired) electrons. The highest BCUT2D eigenvalue weighted by molar-refractivity contribution is 5.88. The van der Waals surface area contributed by atoms with Crippen molar-refractivity contribution in [2.45, 2.75) is 12.8 Å². The lowest BCUT2D eigenvalue weighted by Gasteiger charge is -2.14. The third-order valence-corrected chi connectivity index (χ3v) is 7.00. The minimum Gasteiger partial charge on any atom is -0.497 e. The zero-order valence-electron chi connectivity index (χ0n) is 20.0. The number of aromatic nitrogens is 5. The van der Waals surface area contributed by atoms with Crippen molar-refractivity contribution in [2.75, 3.05) is 7.11 Å². The summed E-state index contributed by atoms with van der Waals surface area (Å²) in [5.74, 6) is 1.78. The van der Waals surface area contributed by atoms with Gasteiger partial charge in [0.05, 0.1) is 23.8 Å². The monoisotopic (exact) mass is 469 g/mol. The van der Waals surface area contributed by atoms with E-state index in [-0.39, 0.29) is 5.92 Å². The van der Waals surface area contributed by atoms with Crippen LogP contribution in [0.2, 0.25) is 0 Å². The fourth-order valence-electron chi connectivity index (χ4n) is 5.07. The first kappa shape index (κ1) is 20.6. The first-order valence-electron chi connectivity index (χ1n) is 12.0. The highest BCUT2D eigenvalue weighted by atomic mass is 16.5. The predicted molar refractivity (Wildman–Crippen MR) is 143 cm³/mol. The van der Waals surface area contributed by atoms with Gasteiger partial charge in [-0.25, -0.2) is 4.98 Å². The molecule has 0 aliphatic heterocycles. The van der Waals surface area contributed by atoms with Gasteiger partial charge >= 0.3 is 0 Å². The lowest BCUT2D eigenvalue weighted by molar-refractivity contribution is 0.415. The molecule has 1 atom stereocenters. The van der Waals surface area contributed by atoms with Gasteiger partial charge in [-0.15, -0.1) is 10.2 Å². The van der Waals surface area contributed by atoms with Crippen molar-refractivity contribution in [2.24, 2.45) is 0 Å². The van der Waals surface area contributed by atoms with Crippen LogP contribution >= 0.6 is 0 Å². The number of rotatable bonds is 4. The molecule has 3 aromatic heterocycles. The molecule has 4 aromatic carbocycles. The Hall–Kier alpha value is -4.71. The summed E-state index contributed by atoms with van der Waals surface area (Å²) in [5, 5.41) is 11.7. The summed E-state index contributed by atoms with van der Waals surface area (Å²) in [6.07, 6.45) is 2.09. The quantitative estimate of drug-likeness (QED) is 0.295. The molecular formula is C30H23N5O. The minimum absolute atomic E-state index is 0.0286. The van der Waals surface area contributed by atoms with Gasteiger partial charge in [-0.05, 0) is 40.6 Å². The number of hydrogen-bond acceptors (Lipinski definition) is 4. The van der Waals surface area contributed by atoms with E-state index in [1.54, 1.807) is 7.11 Å². The van der Waals surface area contributed by atoms with Crippen LogP contribution < -0.4 is 4.74 Å². The molecular weight excluding hydrogens is 446 g/mol. The number of benzene rings is 4. The summed E-state index contributed by atoms with van der Waals surface area (Å²) in [5.41, 5.74) is 6.83. The lowest BCUT2D eigenvalue weighted by Crippen LogP contribution is -2.05. The number of imidazole rings is 1. The molecule has 6 nitrogen and oxygen atoms in total. The van der Waals surface area contributed by atoms with Crippen LogP contribution in [0, 0.1) is 0 Å². The number of methoxy groups -OCH3 is 1. The molecule has 36 heavy (non-hydrogen) atoms. The summed E-state index contributed by atoms with van der Waals surface area (Å²) in [4.78, 5) is 4.99. The van der Waals surface area contributed by atoms with Crippen LogP contribution in [0.5, 0.6) is 5.75 Å². The summed E-state index contributed by atoms with van der Waals surface area (Å²) >= 11 is 0. The standard InChI is InChI=1S/C30H23N5O/c1-19(21-12-13-23-17-24(36-2)15-14-22(23)16-21)28-32-33-30-29-31-25(20-8-4-3-5-9-20)18-34(29)26-10-6-7-11-27(26)35(28)30/h3-19H,1-2H3. The second-order valence-corrected chi connectivity index (χ2v) is 9.09. The van der Waals surface area contributed by atoms with Crippen molar-refractivity contribution < 1.29 is 4.74 Å². The van der Waals surface area contributed by atoms with E-state index in [2.05, 4.69) is 93.8 Å². The smallest absolute Gasteiger partial charge is 0.205 e. The summed E-state index contributed by atoms with van der Waals surface area (Å²) in [7, 11) is 1.69. The van der Waals surface area contributed by atoms with E-state index in [0.717, 1.165) is 50.5 Å². The van der Waals surface area contributed by atoms with Gasteiger partial charge < -0.3 is 4.74 Å². The van der Waals surface area contributed by atoms with Gasteiger partial charge in [0, 0.05) is 17.7 Å². The zero-order valence-corrected chi connectivity index (χ0v) is 20.0. The third kappa shape index (κ3) is 3.08. The number of hydrogen-bond donors (Lipinski definition) is 0. The SMILES string of the molecule is COc1ccc2cc(C(C)c3nnc4c5nc(-c6ccccc6)cn5c5ccccc5n34)ccc2c1. The van der Waals surface area contributed by atoms with Crippen LogP contribution in [0.3, 0.4) is 0 Å². The summed E-state index contributed by atoms with van der Waals surface area (Å²) < 4.78 is 9.67. The summed E-state index contributed by atoms with van der Waals surface area (Å²) in [6.45, 7) is 2.18. The van der Waals surface area contributed by atoms with Crippen molar-refractivity contribution in [3.8, 4) is 17.0 Å². The van der Waals surface area contributed by atoms with Gasteiger partial charge in [0.2, 0.25) is 5.65 Å². The Balaban J connectivity index is 1.44. The second-order valence-electron chi connectivity index (χ2n) is 9.09. The molecule has 0 fully saturated rings. The normalized spacial score (nSPS) is 12.6. The Morgan fingerprint density at radius 3 is 2.33 bits per heavy atom. The average molecular weight is 470 g/mol. The molecule has 0 aliphatic rings. The lowest BCUT2D eigenvalue weighted by atomic mass is 9.97. The maximum absolute atomic E-state index is 5.38. The Labute approximate surface area is 207 Å². The topological polar surface area (TPSA) is 56.7 Å². The Kier molecular flexibility index (Phi) is 4.54. The number of fused-ring (bicyclic) bond motifs is 7. The van der Waals surface area contributed by atoms with Crippen molar-refractivity contribution >= 4 is 33.1 Å². The van der Waals surface area contributed by atoms with Gasteiger partial charge in [-0.3, -0.25) is 8.80 Å². The maximum Gasteiger partial charge on any atom is 0.205 e. The fraction of sp³-hybridized carbons (Fsp3) is 0.100. The fourth-order valence-corrected chi connectivity index (χ4v) is 5.07. The van der Waals surface area contributed by atoms with Crippen molar-refractivity contribution in [3.05, 3.63) is 109 Å². The molecule has 3 heterocycles. The van der Waals surface area contributed by atoms with Crippen molar-refractivity contribution in [3.63, 3.8) is 0 Å². The number of ether oxygens (including phenoxy) is 1. The third-order valence-electron chi connectivity index (χ3n) is 7.00. The maximum atomic E-state index is 5.38. The van der Waals surface area contributed by atoms with Gasteiger partial charge in [0.15, 0.2) is 5.65 Å². The molecule has 7 rings (SSSR count). The summed E-state index contributed by atoms with van der Waals surface area (Å²) in [6, 6.07) is 31.3. The molecule has 0 bridgehead atoms. The molecule has 1 unspecified atom stereocenters. The Morgan fingerprint density at radius 2 is 1.50 bits per heavy atom. The van der Waals surface area contributed by atoms with Crippen LogP contribution in [-0.4, -0.2) is 31.1 Å². The minimum atomic E-state index is 0.0286. The van der Waals surface area contributed by atoms with Gasteiger partial charge in [0.25, 0.3) is 0 Å². The Bertz CT molecular complexity index is 1900. The van der Waals surface area contributed by atoms with Gasteiger partial charge in [-0.2, -0.15) is 0 Å². The molecule has 0 spiro atoms. The van der Waals surface area contributed by atoms with Gasteiger partial charge in [0.1, 0.15) is 11.6 Å². The largest absolute Gasteiger partial charge is 0.497 e. The number of para-hydroxylation sites is 2. The highest BCUT2D eigenvalue weighted by Crippen LogP contribution is 2.32. The van der Waals surface area contributed by atoms with E-state index in [4.69, 9.17) is 14.8 Å². The molecule has 0 amide bonds. The first-order chi connectivity index (χ1) is 17.7. The predicted octanol–water partition coefficient (Wildman–Crippen LogP) is 6.51. The molecule has 0 N–H and O–H groups in total. The van der Waals surface area contributed by atoms with Crippen molar-refractivity contribution in [1.82, 2.24) is 24.0 Å². The van der Waals surface area contributed by atoms with Crippen molar-refractivity contribution in [1.29, 1.82) is 0 Å². The van der Waals surface area contributed by atoms with E-state index in [9.17, 15) is 0 Å². The van der Waals surface area contributed by atoms with E-state index in [0.29, 0.717) is 0 Å². The molecule has 0 saturated carbocycles. The van der Waals surface area contributed by atoms with E-state index in [1.165, 1.54) is 10.9 Å². The number of nitrogens with zero attached hydrogens (tertiary/aromatic N) is 5. The average Bonchev–Trinajstić information content (AvgIpc) is 3.58. The second kappa shape index (κ2) is 7.92. The van der Waals surface area contributed by atoms with E-state index < -0.39 is 0 Å². The zero-order chi connectivity index (χ0) is 24.2. The Morgan fingerprint density at radius 1 is 0.750 bits per heavy atom.